The Kier molecular flexibility index (Phi) is 6.32. The van der Waals surface area contributed by atoms with Crippen LogP contribution in [0.3, 0.4) is 0 Å². The Morgan fingerprint density at radius 1 is 1.19 bits per heavy atom. The number of rotatable bonds is 4. The summed E-state index contributed by atoms with van der Waals surface area (Å²) in [4.78, 5) is 34.0. The van der Waals surface area contributed by atoms with Crippen molar-refractivity contribution in [3.05, 3.63) is 40.1 Å². The number of pyridine rings is 1. The van der Waals surface area contributed by atoms with Gasteiger partial charge in [0.05, 0.1) is 6.26 Å². The molecule has 0 radical (unpaired) electrons. The first-order valence-corrected chi connectivity index (χ1v) is 11.9. The molecule has 1 amide bonds. The minimum absolute atomic E-state index is 0.162. The highest BCUT2D eigenvalue weighted by molar-refractivity contribution is 7.88. The van der Waals surface area contributed by atoms with Crippen LogP contribution in [0, 0.1) is 6.92 Å². The van der Waals surface area contributed by atoms with Crippen molar-refractivity contribution in [1.82, 2.24) is 19.9 Å². The van der Waals surface area contributed by atoms with Crippen molar-refractivity contribution in [3.8, 4) is 0 Å². The van der Waals surface area contributed by atoms with Crippen molar-refractivity contribution in [2.45, 2.75) is 45.2 Å². The number of anilines is 3. The number of carbonyl (C=O) groups excluding carboxylic acids is 1. The van der Waals surface area contributed by atoms with Gasteiger partial charge in [0.1, 0.15) is 35.0 Å². The fourth-order valence-corrected chi connectivity index (χ4v) is 4.00. The molecule has 0 saturated heterocycles. The van der Waals surface area contributed by atoms with Crippen LogP contribution in [0.5, 0.6) is 0 Å². The predicted octanol–water partition coefficient (Wildman–Crippen LogP) is 0.997. The van der Waals surface area contributed by atoms with Gasteiger partial charge in [-0.15, -0.1) is 0 Å². The molecule has 0 aromatic carbocycles. The van der Waals surface area contributed by atoms with Crippen molar-refractivity contribution in [3.63, 3.8) is 0 Å². The number of nitrogens with two attached hydrogens (primary N) is 1. The predicted molar refractivity (Wildman–Crippen MR) is 118 cm³/mol. The van der Waals surface area contributed by atoms with Gasteiger partial charge in [0.2, 0.25) is 10.0 Å². The molecule has 0 unspecified atom stereocenters. The number of nitrogens with zero attached hydrogens (tertiary/aromatic N) is 3. The maximum atomic E-state index is 13.2. The second-order valence-corrected chi connectivity index (χ2v) is 9.36. The van der Waals surface area contributed by atoms with Gasteiger partial charge in [-0.05, 0) is 51.2 Å². The standard InChI is InChI=1S/C18H22N6O2.CH5NO2S/c1-3-19-13-9-14(21-10-20-13)22-12-8-11(2)15-16(25)23-18(6-4-5-7-18)24(15)17(12)26;1-5(2,3)4/h8-10H,3-7H2,1-2H3,(H,23,25)(H2,19,20,21,22);1H3,(H2,2,3,4). The van der Waals surface area contributed by atoms with Gasteiger partial charge in [-0.25, -0.2) is 23.5 Å². The Bertz CT molecular complexity index is 1150. The van der Waals surface area contributed by atoms with Gasteiger partial charge < -0.3 is 16.0 Å². The van der Waals surface area contributed by atoms with Crippen LogP contribution in [-0.4, -0.2) is 41.7 Å². The third-order valence-corrected chi connectivity index (χ3v) is 5.10. The van der Waals surface area contributed by atoms with E-state index in [9.17, 15) is 18.0 Å². The number of hydrogen-bond acceptors (Lipinski definition) is 8. The summed E-state index contributed by atoms with van der Waals surface area (Å²) in [5.74, 6) is 1.06. The molecule has 1 saturated carbocycles. The highest BCUT2D eigenvalue weighted by atomic mass is 32.2. The summed E-state index contributed by atoms with van der Waals surface area (Å²) in [6.45, 7) is 4.58. The molecule has 3 heterocycles. The normalized spacial score (nSPS) is 16.3. The highest BCUT2D eigenvalue weighted by Crippen LogP contribution is 2.38. The molecule has 168 valence electrons. The minimum Gasteiger partial charge on any atom is -0.370 e. The molecule has 1 aliphatic carbocycles. The van der Waals surface area contributed by atoms with E-state index in [2.05, 4.69) is 31.1 Å². The molecule has 0 atom stereocenters. The van der Waals surface area contributed by atoms with Gasteiger partial charge in [0, 0.05) is 12.6 Å². The van der Waals surface area contributed by atoms with E-state index in [1.807, 2.05) is 13.8 Å². The van der Waals surface area contributed by atoms with E-state index in [0.717, 1.165) is 44.0 Å². The van der Waals surface area contributed by atoms with Crippen molar-refractivity contribution in [2.75, 3.05) is 23.4 Å². The molecule has 2 aromatic rings. The van der Waals surface area contributed by atoms with E-state index in [1.165, 1.54) is 6.33 Å². The van der Waals surface area contributed by atoms with Crippen LogP contribution in [0.15, 0.2) is 23.3 Å². The van der Waals surface area contributed by atoms with Gasteiger partial charge in [0.15, 0.2) is 0 Å². The Balaban J connectivity index is 0.000000491. The smallest absolute Gasteiger partial charge is 0.276 e. The molecule has 5 N–H and O–H groups in total. The van der Waals surface area contributed by atoms with Crippen molar-refractivity contribution < 1.29 is 13.2 Å². The first kappa shape index (κ1) is 22.7. The molecule has 2 aliphatic rings. The number of aromatic nitrogens is 3. The molecule has 0 bridgehead atoms. The van der Waals surface area contributed by atoms with E-state index < -0.39 is 15.7 Å². The molecule has 2 aromatic heterocycles. The number of hydrogen-bond donors (Lipinski definition) is 4. The van der Waals surface area contributed by atoms with Crippen LogP contribution in [-0.2, 0) is 15.7 Å². The van der Waals surface area contributed by atoms with Crippen molar-refractivity contribution in [1.29, 1.82) is 0 Å². The molecule has 11 nitrogen and oxygen atoms in total. The molecule has 4 rings (SSSR count). The average molecular weight is 450 g/mol. The lowest BCUT2D eigenvalue weighted by Crippen LogP contribution is -2.45. The Hall–Kier alpha value is -2.99. The third kappa shape index (κ3) is 5.02. The first-order chi connectivity index (χ1) is 14.5. The lowest BCUT2D eigenvalue weighted by molar-refractivity contribution is 0.0920. The zero-order chi connectivity index (χ0) is 22.8. The monoisotopic (exact) mass is 449 g/mol. The summed E-state index contributed by atoms with van der Waals surface area (Å²) in [7, 11) is -3.17. The number of fused-ring (bicyclic) bond motifs is 2. The summed E-state index contributed by atoms with van der Waals surface area (Å²) in [5.41, 5.74) is 0.879. The summed E-state index contributed by atoms with van der Waals surface area (Å²) in [6, 6.07) is 3.47. The molecule has 31 heavy (non-hydrogen) atoms. The first-order valence-electron chi connectivity index (χ1n) is 9.94. The quantitative estimate of drug-likeness (QED) is 0.537. The van der Waals surface area contributed by atoms with Gasteiger partial charge >= 0.3 is 0 Å². The molecular formula is C19H27N7O4S. The van der Waals surface area contributed by atoms with Crippen LogP contribution in [0.1, 0.15) is 48.7 Å². The van der Waals surface area contributed by atoms with Gasteiger partial charge in [-0.1, -0.05) is 0 Å². The SMILES string of the molecule is CCNc1cc(Nc2cc(C)c3n(c2=O)C2(CCCC2)NC3=O)ncn1.CS(N)(=O)=O. The summed E-state index contributed by atoms with van der Waals surface area (Å²) < 4.78 is 20.5. The fraction of sp³-hybridized carbons (Fsp3) is 0.474. The van der Waals surface area contributed by atoms with Crippen molar-refractivity contribution >= 4 is 33.3 Å². The zero-order valence-electron chi connectivity index (χ0n) is 17.7. The number of aryl methyl sites for hydroxylation is 1. The number of sulfonamides is 1. The van der Waals surface area contributed by atoms with Gasteiger partial charge in [-0.3, -0.25) is 14.2 Å². The van der Waals surface area contributed by atoms with E-state index in [4.69, 9.17) is 0 Å². The van der Waals surface area contributed by atoms with Crippen LogP contribution < -0.4 is 26.6 Å². The minimum atomic E-state index is -3.17. The zero-order valence-corrected chi connectivity index (χ0v) is 18.5. The molecular weight excluding hydrogens is 422 g/mol. The number of carbonyl (C=O) groups is 1. The summed E-state index contributed by atoms with van der Waals surface area (Å²) >= 11 is 0. The Labute approximate surface area is 180 Å². The maximum Gasteiger partial charge on any atom is 0.276 e. The van der Waals surface area contributed by atoms with Gasteiger partial charge in [-0.2, -0.15) is 0 Å². The second-order valence-electron chi connectivity index (χ2n) is 7.70. The van der Waals surface area contributed by atoms with Gasteiger partial charge in [0.25, 0.3) is 11.5 Å². The van der Waals surface area contributed by atoms with E-state index >= 15 is 0 Å². The number of amides is 1. The largest absolute Gasteiger partial charge is 0.370 e. The maximum absolute atomic E-state index is 13.2. The van der Waals surface area contributed by atoms with E-state index in [-0.39, 0.29) is 11.5 Å². The number of primary sulfonamides is 1. The summed E-state index contributed by atoms with van der Waals surface area (Å²) in [6.07, 6.45) is 5.95. The van der Waals surface area contributed by atoms with E-state index in [1.54, 1.807) is 16.7 Å². The third-order valence-electron chi connectivity index (χ3n) is 5.10. The molecule has 1 spiro atoms. The Morgan fingerprint density at radius 2 is 1.81 bits per heavy atom. The fourth-order valence-electron chi connectivity index (χ4n) is 4.00. The van der Waals surface area contributed by atoms with Crippen LogP contribution in [0.4, 0.5) is 17.3 Å². The summed E-state index contributed by atoms with van der Waals surface area (Å²) in [5, 5.41) is 13.6. The topological polar surface area (TPSA) is 161 Å². The average Bonchev–Trinajstić information content (AvgIpc) is 3.23. The lowest BCUT2D eigenvalue weighted by Gasteiger charge is -2.26. The van der Waals surface area contributed by atoms with Crippen LogP contribution in [0.25, 0.3) is 0 Å². The van der Waals surface area contributed by atoms with E-state index in [0.29, 0.717) is 23.0 Å². The van der Waals surface area contributed by atoms with Crippen LogP contribution in [0.2, 0.25) is 0 Å². The lowest BCUT2D eigenvalue weighted by atomic mass is 10.1. The molecule has 1 aliphatic heterocycles. The Morgan fingerprint density at radius 3 is 2.42 bits per heavy atom. The highest BCUT2D eigenvalue weighted by Gasteiger charge is 2.46. The number of nitrogens with one attached hydrogen (secondary N) is 3. The van der Waals surface area contributed by atoms with Crippen LogP contribution >= 0.6 is 0 Å². The van der Waals surface area contributed by atoms with Crippen molar-refractivity contribution in [2.24, 2.45) is 5.14 Å². The molecule has 1 fully saturated rings. The molecule has 12 heteroatoms. The second kappa shape index (κ2) is 8.63.